The molecule has 1 aliphatic heterocycles. The zero-order valence-electron chi connectivity index (χ0n) is 10.9. The number of piperidine rings is 1. The van der Waals surface area contributed by atoms with E-state index >= 15 is 0 Å². The van der Waals surface area contributed by atoms with Gasteiger partial charge in [0.2, 0.25) is 10.0 Å². The van der Waals surface area contributed by atoms with E-state index in [4.69, 9.17) is 5.11 Å². The Bertz CT molecular complexity index is 620. The molecule has 1 aliphatic rings. The molecule has 2 atom stereocenters. The number of nitrogens with zero attached hydrogens (tertiary/aromatic N) is 2. The van der Waals surface area contributed by atoms with Crippen LogP contribution in [0.5, 0.6) is 0 Å². The second-order valence-corrected chi connectivity index (χ2v) is 7.89. The molecule has 0 bridgehead atoms. The lowest BCUT2D eigenvalue weighted by molar-refractivity contribution is -0.143. The largest absolute Gasteiger partial charge is 0.481 e. The van der Waals surface area contributed by atoms with E-state index < -0.39 is 21.9 Å². The summed E-state index contributed by atoms with van der Waals surface area (Å²) >= 11 is 3.19. The Balaban J connectivity index is 2.31. The van der Waals surface area contributed by atoms with E-state index in [2.05, 4.69) is 20.9 Å². The number of rotatable bonds is 3. The van der Waals surface area contributed by atoms with Gasteiger partial charge in [0.1, 0.15) is 4.90 Å². The summed E-state index contributed by atoms with van der Waals surface area (Å²) < 4.78 is 26.9. The van der Waals surface area contributed by atoms with Crippen LogP contribution < -0.4 is 0 Å². The molecule has 2 heterocycles. The molecule has 1 fully saturated rings. The second-order valence-electron chi connectivity index (χ2n) is 5.04. The highest BCUT2D eigenvalue weighted by atomic mass is 79.9. The summed E-state index contributed by atoms with van der Waals surface area (Å²) in [5.74, 6) is -1.60. The first-order valence-electron chi connectivity index (χ1n) is 6.14. The van der Waals surface area contributed by atoms with Crippen molar-refractivity contribution in [3.63, 3.8) is 0 Å². The number of hydrogen-bond donors (Lipinski definition) is 1. The van der Waals surface area contributed by atoms with E-state index in [0.29, 0.717) is 17.4 Å². The van der Waals surface area contributed by atoms with Crippen molar-refractivity contribution in [2.24, 2.45) is 11.8 Å². The third-order valence-corrected chi connectivity index (χ3v) is 5.52. The van der Waals surface area contributed by atoms with Crippen LogP contribution in [0.2, 0.25) is 0 Å². The number of hydrogen-bond acceptors (Lipinski definition) is 4. The van der Waals surface area contributed by atoms with Gasteiger partial charge in [0, 0.05) is 30.0 Å². The number of carbonyl (C=O) groups is 1. The van der Waals surface area contributed by atoms with Crippen molar-refractivity contribution in [1.29, 1.82) is 0 Å². The average molecular weight is 363 g/mol. The molecule has 0 saturated carbocycles. The van der Waals surface area contributed by atoms with Crippen molar-refractivity contribution in [3.8, 4) is 0 Å². The Kier molecular flexibility index (Phi) is 4.46. The van der Waals surface area contributed by atoms with Crippen LogP contribution in [0.25, 0.3) is 0 Å². The van der Waals surface area contributed by atoms with Gasteiger partial charge in [-0.25, -0.2) is 8.42 Å². The van der Waals surface area contributed by atoms with Gasteiger partial charge >= 0.3 is 5.97 Å². The van der Waals surface area contributed by atoms with Crippen LogP contribution >= 0.6 is 15.9 Å². The molecule has 20 heavy (non-hydrogen) atoms. The fourth-order valence-electron chi connectivity index (χ4n) is 2.36. The average Bonchev–Trinajstić information content (AvgIpc) is 2.38. The van der Waals surface area contributed by atoms with E-state index in [1.165, 1.54) is 22.8 Å². The first-order valence-corrected chi connectivity index (χ1v) is 8.37. The first-order chi connectivity index (χ1) is 9.30. The van der Waals surface area contributed by atoms with Crippen LogP contribution in [0, 0.1) is 11.8 Å². The summed E-state index contributed by atoms with van der Waals surface area (Å²) in [5, 5.41) is 9.11. The Morgan fingerprint density at radius 2 is 2.15 bits per heavy atom. The summed E-state index contributed by atoms with van der Waals surface area (Å²) in [6, 6.07) is 1.47. The maximum atomic E-state index is 12.5. The molecular formula is C12H15BrN2O4S. The van der Waals surface area contributed by atoms with E-state index in [1.807, 2.05) is 6.92 Å². The lowest BCUT2D eigenvalue weighted by Crippen LogP contribution is -2.45. The Morgan fingerprint density at radius 3 is 2.75 bits per heavy atom. The Hall–Kier alpha value is -0.990. The van der Waals surface area contributed by atoms with Gasteiger partial charge in [-0.05, 0) is 34.3 Å². The van der Waals surface area contributed by atoms with Crippen LogP contribution in [0.15, 0.2) is 27.8 Å². The molecule has 0 amide bonds. The van der Waals surface area contributed by atoms with Crippen molar-refractivity contribution in [1.82, 2.24) is 9.29 Å². The topological polar surface area (TPSA) is 87.6 Å². The summed E-state index contributed by atoms with van der Waals surface area (Å²) in [5.41, 5.74) is 0. The highest BCUT2D eigenvalue weighted by Gasteiger charge is 2.36. The van der Waals surface area contributed by atoms with E-state index in [1.54, 1.807) is 0 Å². The van der Waals surface area contributed by atoms with Crippen molar-refractivity contribution in [2.75, 3.05) is 13.1 Å². The summed E-state index contributed by atoms with van der Waals surface area (Å²) in [6.07, 6.45) is 3.27. The maximum absolute atomic E-state index is 12.5. The SMILES string of the molecule is CC1CC(C(=O)O)CN(S(=O)(=O)c2cncc(Br)c2)C1. The molecule has 2 unspecified atom stereocenters. The summed E-state index contributed by atoms with van der Waals surface area (Å²) in [4.78, 5) is 15.0. The van der Waals surface area contributed by atoms with Crippen LogP contribution in [0.3, 0.4) is 0 Å². The zero-order valence-corrected chi connectivity index (χ0v) is 13.3. The molecule has 1 N–H and O–H groups in total. The fourth-order valence-corrected chi connectivity index (χ4v) is 4.47. The molecule has 110 valence electrons. The highest BCUT2D eigenvalue weighted by Crippen LogP contribution is 2.27. The van der Waals surface area contributed by atoms with Crippen molar-refractivity contribution in [2.45, 2.75) is 18.2 Å². The van der Waals surface area contributed by atoms with Crippen LogP contribution in [0.4, 0.5) is 0 Å². The van der Waals surface area contributed by atoms with Gasteiger partial charge in [0.25, 0.3) is 0 Å². The minimum Gasteiger partial charge on any atom is -0.481 e. The number of aromatic nitrogens is 1. The number of pyridine rings is 1. The third kappa shape index (κ3) is 3.18. The summed E-state index contributed by atoms with van der Waals surface area (Å²) in [7, 11) is -3.71. The van der Waals surface area contributed by atoms with Gasteiger partial charge in [0.05, 0.1) is 5.92 Å². The summed E-state index contributed by atoms with van der Waals surface area (Å²) in [6.45, 7) is 2.20. The Morgan fingerprint density at radius 1 is 1.45 bits per heavy atom. The standard InChI is InChI=1S/C12H15BrN2O4S/c1-8-2-9(12(16)17)7-15(6-8)20(18,19)11-3-10(13)4-14-5-11/h3-5,8-9H,2,6-7H2,1H3,(H,16,17). The van der Waals surface area contributed by atoms with Gasteiger partial charge in [-0.1, -0.05) is 6.92 Å². The van der Waals surface area contributed by atoms with Crippen molar-refractivity contribution < 1.29 is 18.3 Å². The normalized spacial score (nSPS) is 24.5. The van der Waals surface area contributed by atoms with Gasteiger partial charge in [0.15, 0.2) is 0 Å². The van der Waals surface area contributed by atoms with Gasteiger partial charge < -0.3 is 5.11 Å². The molecule has 6 nitrogen and oxygen atoms in total. The predicted molar refractivity (Wildman–Crippen MR) is 75.6 cm³/mol. The van der Waals surface area contributed by atoms with E-state index in [0.717, 1.165) is 0 Å². The number of halogens is 1. The van der Waals surface area contributed by atoms with E-state index in [-0.39, 0.29) is 17.4 Å². The number of carboxylic acids is 1. The lowest BCUT2D eigenvalue weighted by Gasteiger charge is -2.33. The molecule has 0 spiro atoms. The number of sulfonamides is 1. The smallest absolute Gasteiger partial charge is 0.307 e. The molecule has 0 radical (unpaired) electrons. The molecule has 8 heteroatoms. The fraction of sp³-hybridized carbons (Fsp3) is 0.500. The van der Waals surface area contributed by atoms with Crippen LogP contribution in [-0.2, 0) is 14.8 Å². The molecule has 1 aromatic heterocycles. The second kappa shape index (κ2) is 5.79. The van der Waals surface area contributed by atoms with Crippen LogP contribution in [-0.4, -0.2) is 41.9 Å². The number of aliphatic carboxylic acids is 1. The highest BCUT2D eigenvalue weighted by molar-refractivity contribution is 9.10. The maximum Gasteiger partial charge on any atom is 0.307 e. The van der Waals surface area contributed by atoms with Crippen LogP contribution in [0.1, 0.15) is 13.3 Å². The quantitative estimate of drug-likeness (QED) is 0.881. The lowest BCUT2D eigenvalue weighted by atomic mass is 9.92. The third-order valence-electron chi connectivity index (χ3n) is 3.29. The van der Waals surface area contributed by atoms with Gasteiger partial charge in [-0.15, -0.1) is 0 Å². The monoisotopic (exact) mass is 362 g/mol. The molecule has 1 saturated heterocycles. The molecule has 1 aromatic rings. The number of carboxylic acid groups (broad SMARTS) is 1. The van der Waals surface area contributed by atoms with E-state index in [9.17, 15) is 13.2 Å². The minimum absolute atomic E-state index is 0.00845. The van der Waals surface area contributed by atoms with Gasteiger partial charge in [-0.3, -0.25) is 9.78 Å². The zero-order chi connectivity index (χ0) is 14.9. The molecule has 2 rings (SSSR count). The minimum atomic E-state index is -3.71. The van der Waals surface area contributed by atoms with Crippen molar-refractivity contribution >= 4 is 31.9 Å². The molecule has 0 aromatic carbocycles. The van der Waals surface area contributed by atoms with Crippen molar-refractivity contribution in [3.05, 3.63) is 22.9 Å². The first kappa shape index (κ1) is 15.4. The molecule has 0 aliphatic carbocycles. The predicted octanol–water partition coefficient (Wildman–Crippen LogP) is 1.58. The van der Waals surface area contributed by atoms with Gasteiger partial charge in [-0.2, -0.15) is 4.31 Å². The Labute approximate surface area is 126 Å². The molecular weight excluding hydrogens is 348 g/mol.